The average molecular weight is 368 g/mol. The van der Waals surface area contributed by atoms with Crippen molar-refractivity contribution in [3.8, 4) is 5.75 Å². The highest BCUT2D eigenvalue weighted by molar-refractivity contribution is 9.10. The van der Waals surface area contributed by atoms with Crippen LogP contribution in [0.3, 0.4) is 0 Å². The van der Waals surface area contributed by atoms with E-state index in [1.54, 1.807) is 18.4 Å². The van der Waals surface area contributed by atoms with Gasteiger partial charge < -0.3 is 4.74 Å². The van der Waals surface area contributed by atoms with Crippen LogP contribution in [0.5, 0.6) is 5.75 Å². The average Bonchev–Trinajstić information content (AvgIpc) is 2.85. The minimum atomic E-state index is 0.818. The van der Waals surface area contributed by atoms with E-state index in [1.807, 2.05) is 18.2 Å². The smallest absolute Gasteiger partial charge is 0.130 e. The highest BCUT2D eigenvalue weighted by Crippen LogP contribution is 2.37. The number of halogens is 2. The maximum Gasteiger partial charge on any atom is 0.130 e. The topological polar surface area (TPSA) is 9.23 Å². The lowest BCUT2D eigenvalue weighted by molar-refractivity contribution is 0.415. The highest BCUT2D eigenvalue weighted by atomic mass is 79.9. The Kier molecular flexibility index (Phi) is 4.01. The molecule has 102 valence electrons. The molecule has 2 aromatic carbocycles. The van der Waals surface area contributed by atoms with E-state index in [0.29, 0.717) is 0 Å². The van der Waals surface area contributed by atoms with Crippen LogP contribution in [-0.4, -0.2) is 7.11 Å². The fourth-order valence-electron chi connectivity index (χ4n) is 2.37. The number of methoxy groups -OCH3 is 1. The number of hydrogen-bond acceptors (Lipinski definition) is 2. The second-order valence-electron chi connectivity index (χ2n) is 4.48. The van der Waals surface area contributed by atoms with Gasteiger partial charge in [-0.05, 0) is 23.6 Å². The van der Waals surface area contributed by atoms with Crippen molar-refractivity contribution in [2.24, 2.45) is 0 Å². The summed E-state index contributed by atoms with van der Waals surface area (Å²) in [4.78, 5) is 1.23. The van der Waals surface area contributed by atoms with Gasteiger partial charge in [0, 0.05) is 26.7 Å². The molecule has 0 bridgehead atoms. The molecular formula is C16H12BrClOS. The van der Waals surface area contributed by atoms with Crippen molar-refractivity contribution in [3.63, 3.8) is 0 Å². The fraction of sp³-hybridized carbons (Fsp3) is 0.125. The highest BCUT2D eigenvalue weighted by Gasteiger charge is 2.12. The molecule has 0 aliphatic carbocycles. The Balaban J connectivity index is 2.15. The van der Waals surface area contributed by atoms with Crippen molar-refractivity contribution in [2.75, 3.05) is 7.11 Å². The summed E-state index contributed by atoms with van der Waals surface area (Å²) in [5.41, 5.74) is 1.16. The summed E-state index contributed by atoms with van der Waals surface area (Å²) in [5.74, 6) is 0.938. The van der Waals surface area contributed by atoms with Gasteiger partial charge in [0.15, 0.2) is 0 Å². The number of fused-ring (bicyclic) bond motifs is 1. The first-order valence-corrected chi connectivity index (χ1v) is 8.16. The lowest BCUT2D eigenvalue weighted by atomic mass is 10.0. The predicted molar refractivity (Wildman–Crippen MR) is 90.3 cm³/mol. The van der Waals surface area contributed by atoms with Gasteiger partial charge in [-0.15, -0.1) is 11.3 Å². The number of thiophene rings is 1. The molecule has 3 aromatic rings. The molecule has 3 rings (SSSR count). The number of hydrogen-bond donors (Lipinski definition) is 0. The summed E-state index contributed by atoms with van der Waals surface area (Å²) >= 11 is 11.3. The van der Waals surface area contributed by atoms with Gasteiger partial charge in [-0.1, -0.05) is 51.8 Å². The largest absolute Gasteiger partial charge is 0.496 e. The summed E-state index contributed by atoms with van der Waals surface area (Å²) in [7, 11) is 1.72. The van der Waals surface area contributed by atoms with Gasteiger partial charge in [-0.3, -0.25) is 0 Å². The van der Waals surface area contributed by atoms with Gasteiger partial charge in [-0.25, -0.2) is 0 Å². The number of benzene rings is 2. The second kappa shape index (κ2) is 5.76. The van der Waals surface area contributed by atoms with Crippen molar-refractivity contribution in [1.82, 2.24) is 0 Å². The van der Waals surface area contributed by atoms with Crippen LogP contribution < -0.4 is 4.74 Å². The van der Waals surface area contributed by atoms with E-state index < -0.39 is 0 Å². The lowest BCUT2D eigenvalue weighted by Crippen LogP contribution is -1.94. The standard InChI is InChI=1S/C16H12BrClOS/c1-19-16-10(8-11-6-7-15(18)20-11)9-14(17)12-4-2-3-5-13(12)16/h2-7,9H,8H2,1H3. The number of ether oxygens (including phenoxy) is 1. The first-order chi connectivity index (χ1) is 9.69. The lowest BCUT2D eigenvalue weighted by Gasteiger charge is -2.13. The molecule has 0 radical (unpaired) electrons. The first-order valence-electron chi connectivity index (χ1n) is 6.17. The van der Waals surface area contributed by atoms with Gasteiger partial charge in [0.25, 0.3) is 0 Å². The molecule has 4 heteroatoms. The van der Waals surface area contributed by atoms with E-state index in [0.717, 1.165) is 37.3 Å². The molecule has 0 aliphatic rings. The Bertz CT molecular complexity index is 766. The molecule has 0 saturated carbocycles. The van der Waals surface area contributed by atoms with Gasteiger partial charge >= 0.3 is 0 Å². The Morgan fingerprint density at radius 1 is 1.15 bits per heavy atom. The molecule has 1 aromatic heterocycles. The molecule has 1 nitrogen and oxygen atoms in total. The summed E-state index contributed by atoms with van der Waals surface area (Å²) in [6, 6.07) is 14.4. The fourth-order valence-corrected chi connectivity index (χ4v) is 4.10. The molecule has 0 fully saturated rings. The van der Waals surface area contributed by atoms with E-state index in [2.05, 4.69) is 40.2 Å². The van der Waals surface area contributed by atoms with Crippen LogP contribution in [0.4, 0.5) is 0 Å². The third kappa shape index (κ3) is 2.58. The zero-order chi connectivity index (χ0) is 14.1. The summed E-state index contributed by atoms with van der Waals surface area (Å²) in [6.45, 7) is 0. The Morgan fingerprint density at radius 2 is 1.90 bits per heavy atom. The monoisotopic (exact) mass is 366 g/mol. The minimum Gasteiger partial charge on any atom is -0.496 e. The predicted octanol–water partition coefficient (Wildman–Crippen LogP) is 5.92. The van der Waals surface area contributed by atoms with Gasteiger partial charge in [0.2, 0.25) is 0 Å². The molecule has 0 unspecified atom stereocenters. The van der Waals surface area contributed by atoms with Crippen LogP contribution in [0.2, 0.25) is 4.34 Å². The molecular weight excluding hydrogens is 356 g/mol. The molecule has 1 heterocycles. The van der Waals surface area contributed by atoms with Crippen LogP contribution in [0.15, 0.2) is 46.9 Å². The normalized spacial score (nSPS) is 10.9. The zero-order valence-electron chi connectivity index (χ0n) is 10.8. The minimum absolute atomic E-state index is 0.818. The molecule has 0 saturated heterocycles. The van der Waals surface area contributed by atoms with Crippen LogP contribution in [0.25, 0.3) is 10.8 Å². The van der Waals surface area contributed by atoms with E-state index in [9.17, 15) is 0 Å². The first kappa shape index (κ1) is 13.9. The van der Waals surface area contributed by atoms with E-state index in [-0.39, 0.29) is 0 Å². The molecule has 0 N–H and O–H groups in total. The molecule has 0 spiro atoms. The van der Waals surface area contributed by atoms with Crippen molar-refractivity contribution < 1.29 is 4.74 Å². The van der Waals surface area contributed by atoms with Crippen molar-refractivity contribution in [3.05, 3.63) is 61.7 Å². The van der Waals surface area contributed by atoms with E-state index in [1.165, 1.54) is 4.88 Å². The van der Waals surface area contributed by atoms with Gasteiger partial charge in [-0.2, -0.15) is 0 Å². The Hall–Kier alpha value is -1.03. The summed E-state index contributed by atoms with van der Waals surface area (Å²) < 4.78 is 7.55. The third-order valence-corrected chi connectivity index (χ3v) is 5.11. The van der Waals surface area contributed by atoms with E-state index >= 15 is 0 Å². The van der Waals surface area contributed by atoms with Crippen molar-refractivity contribution in [2.45, 2.75) is 6.42 Å². The van der Waals surface area contributed by atoms with Crippen LogP contribution in [0.1, 0.15) is 10.4 Å². The number of rotatable bonds is 3. The Morgan fingerprint density at radius 3 is 2.55 bits per heavy atom. The SMILES string of the molecule is COc1c(Cc2ccc(Cl)s2)cc(Br)c2ccccc12. The van der Waals surface area contributed by atoms with Crippen LogP contribution in [-0.2, 0) is 6.42 Å². The van der Waals surface area contributed by atoms with E-state index in [4.69, 9.17) is 16.3 Å². The van der Waals surface area contributed by atoms with Gasteiger partial charge in [0.1, 0.15) is 5.75 Å². The maximum atomic E-state index is 6.00. The maximum absolute atomic E-state index is 6.00. The zero-order valence-corrected chi connectivity index (χ0v) is 14.0. The van der Waals surface area contributed by atoms with Crippen molar-refractivity contribution in [1.29, 1.82) is 0 Å². The van der Waals surface area contributed by atoms with Crippen LogP contribution >= 0.6 is 38.9 Å². The van der Waals surface area contributed by atoms with Crippen molar-refractivity contribution >= 4 is 49.6 Å². The third-order valence-electron chi connectivity index (χ3n) is 3.22. The molecule has 0 atom stereocenters. The Labute approximate surface area is 135 Å². The summed E-state index contributed by atoms with van der Waals surface area (Å²) in [5, 5.41) is 2.29. The molecule has 0 aliphatic heterocycles. The van der Waals surface area contributed by atoms with Crippen LogP contribution in [0, 0.1) is 0 Å². The quantitative estimate of drug-likeness (QED) is 0.558. The van der Waals surface area contributed by atoms with Gasteiger partial charge in [0.05, 0.1) is 11.4 Å². The second-order valence-corrected chi connectivity index (χ2v) is 7.13. The molecule has 0 amide bonds. The summed E-state index contributed by atoms with van der Waals surface area (Å²) in [6.07, 6.45) is 0.823. The molecule has 20 heavy (non-hydrogen) atoms.